The van der Waals surface area contributed by atoms with E-state index in [-0.39, 0.29) is 5.78 Å². The van der Waals surface area contributed by atoms with Crippen LogP contribution in [0.2, 0.25) is 0 Å². The molecule has 1 aliphatic carbocycles. The highest BCUT2D eigenvalue weighted by molar-refractivity contribution is 5.81. The van der Waals surface area contributed by atoms with Gasteiger partial charge in [-0.05, 0) is 68.6 Å². The lowest BCUT2D eigenvalue weighted by atomic mass is 9.89. The molecule has 2 fully saturated rings. The molecule has 0 amide bonds. The van der Waals surface area contributed by atoms with E-state index in [4.69, 9.17) is 24.4 Å². The van der Waals surface area contributed by atoms with E-state index in [1.165, 1.54) is 51.4 Å². The Morgan fingerprint density at radius 2 is 1.57 bits per heavy atom. The lowest BCUT2D eigenvalue weighted by molar-refractivity contribution is -0.118. The van der Waals surface area contributed by atoms with Crippen LogP contribution in [0.4, 0.5) is 23.5 Å². The number of benzene rings is 1. The van der Waals surface area contributed by atoms with Gasteiger partial charge in [-0.3, -0.25) is 4.79 Å². The second-order valence-electron chi connectivity index (χ2n) is 11.1. The molecule has 0 bridgehead atoms. The molecule has 0 atom stereocenters. The molecule has 1 aromatic carbocycles. The van der Waals surface area contributed by atoms with Crippen LogP contribution in [0.3, 0.4) is 0 Å². The maximum absolute atomic E-state index is 12.4. The maximum atomic E-state index is 12.4. The van der Waals surface area contributed by atoms with Crippen LogP contribution in [0.15, 0.2) is 24.3 Å². The van der Waals surface area contributed by atoms with E-state index in [2.05, 4.69) is 22.5 Å². The van der Waals surface area contributed by atoms with Gasteiger partial charge < -0.3 is 25.0 Å². The molecule has 9 heteroatoms. The molecule has 1 aliphatic heterocycles. The summed E-state index contributed by atoms with van der Waals surface area (Å²) < 4.78 is 10.9. The molecule has 4 rings (SSSR count). The molecule has 0 radical (unpaired) electrons. The zero-order chi connectivity index (χ0) is 27.8. The lowest BCUT2D eigenvalue weighted by Crippen LogP contribution is -2.31. The summed E-state index contributed by atoms with van der Waals surface area (Å²) in [5, 5.41) is 6.87. The minimum atomic E-state index is 0.226. The van der Waals surface area contributed by atoms with Crippen molar-refractivity contribution in [3.05, 3.63) is 29.8 Å². The van der Waals surface area contributed by atoms with Gasteiger partial charge in [0.25, 0.3) is 0 Å². The summed E-state index contributed by atoms with van der Waals surface area (Å²) in [6.07, 6.45) is 12.9. The standard InChI is InChI=1S/C31H48N6O3/c1-2-19-39-21-22-40-20-9-12-28(38)23-25-13-15-27(16-14-25)33-30-34-29(32-24-26-10-5-3-6-11-26)35-31(36-30)37-17-7-4-8-18-37/h13-16,26H,2-12,17-24H2,1H3,(H2,32,33,34,35,36). The summed E-state index contributed by atoms with van der Waals surface area (Å²) in [6, 6.07) is 7.97. The fourth-order valence-corrected chi connectivity index (χ4v) is 5.35. The van der Waals surface area contributed by atoms with Crippen LogP contribution in [-0.2, 0) is 20.7 Å². The van der Waals surface area contributed by atoms with Crippen LogP contribution >= 0.6 is 0 Å². The molecule has 2 heterocycles. The third-order valence-corrected chi connectivity index (χ3v) is 7.61. The Labute approximate surface area is 239 Å². The predicted octanol–water partition coefficient (Wildman–Crippen LogP) is 5.93. The molecule has 220 valence electrons. The number of hydrogen-bond acceptors (Lipinski definition) is 9. The van der Waals surface area contributed by atoms with E-state index in [1.54, 1.807) is 0 Å². The summed E-state index contributed by atoms with van der Waals surface area (Å²) in [7, 11) is 0. The lowest BCUT2D eigenvalue weighted by Gasteiger charge is -2.27. The van der Waals surface area contributed by atoms with Gasteiger partial charge in [0.05, 0.1) is 13.2 Å². The Bertz CT molecular complexity index is 1010. The number of rotatable bonds is 17. The first kappa shape index (κ1) is 30.2. The topological polar surface area (TPSA) is 102 Å². The van der Waals surface area contributed by atoms with Crippen LogP contribution in [0.1, 0.15) is 83.1 Å². The summed E-state index contributed by atoms with van der Waals surface area (Å²) >= 11 is 0. The van der Waals surface area contributed by atoms with Crippen molar-refractivity contribution in [3.8, 4) is 0 Å². The minimum absolute atomic E-state index is 0.226. The molecule has 0 spiro atoms. The monoisotopic (exact) mass is 552 g/mol. The molecular formula is C31H48N6O3. The molecule has 0 unspecified atom stereocenters. The van der Waals surface area contributed by atoms with Crippen LogP contribution in [-0.4, -0.2) is 66.8 Å². The van der Waals surface area contributed by atoms with E-state index in [1.807, 2.05) is 24.3 Å². The zero-order valence-electron chi connectivity index (χ0n) is 24.3. The third-order valence-electron chi connectivity index (χ3n) is 7.61. The van der Waals surface area contributed by atoms with Crippen molar-refractivity contribution in [2.75, 3.05) is 61.6 Å². The number of Topliss-reactive ketones (excluding diaryl/α,β-unsaturated/α-hetero) is 1. The van der Waals surface area contributed by atoms with Crippen LogP contribution < -0.4 is 15.5 Å². The summed E-state index contributed by atoms with van der Waals surface area (Å²) in [4.78, 5) is 28.9. The molecular weight excluding hydrogens is 504 g/mol. The zero-order valence-corrected chi connectivity index (χ0v) is 24.3. The number of piperidine rings is 1. The molecule has 9 nitrogen and oxygen atoms in total. The average Bonchev–Trinajstić information content (AvgIpc) is 2.99. The summed E-state index contributed by atoms with van der Waals surface area (Å²) in [5.41, 5.74) is 1.90. The normalized spacial score (nSPS) is 16.2. The fraction of sp³-hybridized carbons (Fsp3) is 0.677. The van der Waals surface area contributed by atoms with E-state index in [0.717, 1.165) is 56.3 Å². The maximum Gasteiger partial charge on any atom is 0.233 e. The van der Waals surface area contributed by atoms with Gasteiger partial charge in [0.1, 0.15) is 5.78 Å². The first-order valence-electron chi connectivity index (χ1n) is 15.5. The molecule has 1 saturated heterocycles. The molecule has 2 N–H and O–H groups in total. The first-order valence-corrected chi connectivity index (χ1v) is 15.5. The Balaban J connectivity index is 1.28. The molecule has 2 aromatic rings. The van der Waals surface area contributed by atoms with E-state index >= 15 is 0 Å². The number of carbonyl (C=O) groups is 1. The van der Waals surface area contributed by atoms with Gasteiger partial charge in [-0.15, -0.1) is 0 Å². The van der Waals surface area contributed by atoms with Crippen molar-refractivity contribution in [1.29, 1.82) is 0 Å². The van der Waals surface area contributed by atoms with E-state index < -0.39 is 0 Å². The van der Waals surface area contributed by atoms with Gasteiger partial charge >= 0.3 is 0 Å². The van der Waals surface area contributed by atoms with Crippen molar-refractivity contribution >= 4 is 29.3 Å². The summed E-state index contributed by atoms with van der Waals surface area (Å²) in [6.45, 7) is 7.51. The Morgan fingerprint density at radius 3 is 2.33 bits per heavy atom. The number of nitrogens with one attached hydrogen (secondary N) is 2. The number of carbonyl (C=O) groups excluding carboxylic acids is 1. The number of nitrogens with zero attached hydrogens (tertiary/aromatic N) is 4. The smallest absolute Gasteiger partial charge is 0.233 e. The van der Waals surface area contributed by atoms with Crippen molar-refractivity contribution in [3.63, 3.8) is 0 Å². The van der Waals surface area contributed by atoms with Gasteiger partial charge in [0, 0.05) is 51.4 Å². The van der Waals surface area contributed by atoms with Crippen LogP contribution in [0, 0.1) is 5.92 Å². The number of ketones is 1. The SMILES string of the molecule is CCCOCCOCCCC(=O)Cc1ccc(Nc2nc(NCC3CCCCC3)nc(N3CCCCC3)n2)cc1. The second kappa shape index (κ2) is 17.1. The predicted molar refractivity (Wildman–Crippen MR) is 161 cm³/mol. The van der Waals surface area contributed by atoms with Gasteiger partial charge in [-0.25, -0.2) is 0 Å². The number of aromatic nitrogens is 3. The molecule has 40 heavy (non-hydrogen) atoms. The number of anilines is 4. The quantitative estimate of drug-likeness (QED) is 0.231. The highest BCUT2D eigenvalue weighted by Crippen LogP contribution is 2.25. The van der Waals surface area contributed by atoms with E-state index in [9.17, 15) is 4.79 Å². The highest BCUT2D eigenvalue weighted by atomic mass is 16.5. The molecule has 1 saturated carbocycles. The van der Waals surface area contributed by atoms with Crippen molar-refractivity contribution in [2.24, 2.45) is 5.92 Å². The van der Waals surface area contributed by atoms with E-state index in [0.29, 0.717) is 50.5 Å². The van der Waals surface area contributed by atoms with Crippen molar-refractivity contribution in [1.82, 2.24) is 15.0 Å². The highest BCUT2D eigenvalue weighted by Gasteiger charge is 2.18. The second-order valence-corrected chi connectivity index (χ2v) is 11.1. The summed E-state index contributed by atoms with van der Waals surface area (Å²) in [5.74, 6) is 2.84. The minimum Gasteiger partial charge on any atom is -0.379 e. The number of ether oxygens (including phenoxy) is 2. The van der Waals surface area contributed by atoms with Gasteiger partial charge in [-0.1, -0.05) is 38.3 Å². The van der Waals surface area contributed by atoms with Crippen molar-refractivity contribution in [2.45, 2.75) is 84.0 Å². The molecule has 2 aliphatic rings. The average molecular weight is 553 g/mol. The largest absolute Gasteiger partial charge is 0.379 e. The van der Waals surface area contributed by atoms with Gasteiger partial charge in [0.2, 0.25) is 17.8 Å². The Kier molecular flexibility index (Phi) is 12.9. The van der Waals surface area contributed by atoms with Crippen LogP contribution in [0.25, 0.3) is 0 Å². The van der Waals surface area contributed by atoms with Gasteiger partial charge in [0.15, 0.2) is 0 Å². The fourth-order valence-electron chi connectivity index (χ4n) is 5.35. The Morgan fingerprint density at radius 1 is 0.875 bits per heavy atom. The van der Waals surface area contributed by atoms with Crippen molar-refractivity contribution < 1.29 is 14.3 Å². The molecule has 1 aromatic heterocycles. The first-order chi connectivity index (χ1) is 19.7. The Hall–Kier alpha value is -2.78. The van der Waals surface area contributed by atoms with Gasteiger partial charge in [-0.2, -0.15) is 15.0 Å². The number of hydrogen-bond donors (Lipinski definition) is 2. The van der Waals surface area contributed by atoms with Crippen LogP contribution in [0.5, 0.6) is 0 Å². The third kappa shape index (κ3) is 10.7.